The highest BCUT2D eigenvalue weighted by molar-refractivity contribution is 7.99. The van der Waals surface area contributed by atoms with Crippen LogP contribution in [0.5, 0.6) is 11.5 Å². The highest BCUT2D eigenvalue weighted by Crippen LogP contribution is 2.31. The van der Waals surface area contributed by atoms with Crippen molar-refractivity contribution >= 4 is 17.7 Å². The van der Waals surface area contributed by atoms with Crippen LogP contribution in [0.2, 0.25) is 0 Å². The Morgan fingerprint density at radius 2 is 2.05 bits per heavy atom. The molecule has 8 heteroatoms. The first-order chi connectivity index (χ1) is 9.52. The SMILES string of the molecule is CCn1c(SCC(=O)O)nnc1-c1ccc(O)c(O)c1. The van der Waals surface area contributed by atoms with E-state index in [9.17, 15) is 15.0 Å². The van der Waals surface area contributed by atoms with Gasteiger partial charge in [0.2, 0.25) is 0 Å². The van der Waals surface area contributed by atoms with Gasteiger partial charge in [-0.25, -0.2) is 0 Å². The number of rotatable bonds is 5. The number of carboxylic acids is 1. The van der Waals surface area contributed by atoms with E-state index >= 15 is 0 Å². The van der Waals surface area contributed by atoms with Crippen molar-refractivity contribution in [2.75, 3.05) is 5.75 Å². The number of carbonyl (C=O) groups is 1. The summed E-state index contributed by atoms with van der Waals surface area (Å²) < 4.78 is 1.75. The van der Waals surface area contributed by atoms with E-state index in [1.54, 1.807) is 10.6 Å². The van der Waals surface area contributed by atoms with Crippen LogP contribution in [0.3, 0.4) is 0 Å². The number of hydrogen-bond acceptors (Lipinski definition) is 6. The minimum Gasteiger partial charge on any atom is -0.504 e. The molecule has 0 bridgehead atoms. The van der Waals surface area contributed by atoms with E-state index < -0.39 is 5.97 Å². The summed E-state index contributed by atoms with van der Waals surface area (Å²) in [6.45, 7) is 2.45. The standard InChI is InChI=1S/C12H13N3O4S/c1-2-15-11(7-3-4-8(16)9(17)5-7)13-14-12(15)20-6-10(18)19/h3-5,16-17H,2,6H2,1H3,(H,18,19). The Kier molecular flexibility index (Phi) is 4.14. The molecule has 0 atom stereocenters. The van der Waals surface area contributed by atoms with Gasteiger partial charge in [-0.05, 0) is 25.1 Å². The van der Waals surface area contributed by atoms with Gasteiger partial charge in [0.05, 0.1) is 5.75 Å². The van der Waals surface area contributed by atoms with E-state index in [-0.39, 0.29) is 17.3 Å². The second kappa shape index (κ2) is 5.83. The maximum absolute atomic E-state index is 10.6. The van der Waals surface area contributed by atoms with Gasteiger partial charge in [-0.15, -0.1) is 10.2 Å². The largest absolute Gasteiger partial charge is 0.504 e. The Labute approximate surface area is 118 Å². The van der Waals surface area contributed by atoms with Crippen molar-refractivity contribution in [3.8, 4) is 22.9 Å². The van der Waals surface area contributed by atoms with Gasteiger partial charge in [-0.1, -0.05) is 11.8 Å². The molecule has 0 radical (unpaired) electrons. The lowest BCUT2D eigenvalue weighted by molar-refractivity contribution is -0.133. The quantitative estimate of drug-likeness (QED) is 0.567. The Hall–Kier alpha value is -2.22. The summed E-state index contributed by atoms with van der Waals surface area (Å²) in [4.78, 5) is 10.6. The molecular formula is C12H13N3O4S. The summed E-state index contributed by atoms with van der Waals surface area (Å²) in [5, 5.41) is 36.0. The third-order valence-corrected chi connectivity index (χ3v) is 3.54. The molecule has 2 rings (SSSR count). The van der Waals surface area contributed by atoms with E-state index in [1.165, 1.54) is 12.1 Å². The third kappa shape index (κ3) is 2.85. The first-order valence-corrected chi connectivity index (χ1v) is 6.81. The highest BCUT2D eigenvalue weighted by Gasteiger charge is 2.15. The highest BCUT2D eigenvalue weighted by atomic mass is 32.2. The second-order valence-corrected chi connectivity index (χ2v) is 4.88. The predicted octanol–water partition coefficient (Wildman–Crippen LogP) is 1.55. The number of carboxylic acid groups (broad SMARTS) is 1. The summed E-state index contributed by atoms with van der Waals surface area (Å²) in [6, 6.07) is 4.36. The normalized spacial score (nSPS) is 10.7. The van der Waals surface area contributed by atoms with E-state index in [0.717, 1.165) is 11.8 Å². The number of benzene rings is 1. The number of hydrogen-bond donors (Lipinski definition) is 3. The maximum atomic E-state index is 10.6. The van der Waals surface area contributed by atoms with Crippen molar-refractivity contribution in [1.29, 1.82) is 0 Å². The molecule has 1 heterocycles. The lowest BCUT2D eigenvalue weighted by Gasteiger charge is -2.07. The zero-order chi connectivity index (χ0) is 14.7. The Balaban J connectivity index is 2.36. The summed E-state index contributed by atoms with van der Waals surface area (Å²) in [5.41, 5.74) is 0.594. The summed E-state index contributed by atoms with van der Waals surface area (Å²) in [6.07, 6.45) is 0. The average Bonchev–Trinajstić information content (AvgIpc) is 2.82. The van der Waals surface area contributed by atoms with Crippen LogP contribution in [-0.4, -0.2) is 41.8 Å². The van der Waals surface area contributed by atoms with Gasteiger partial charge in [0.1, 0.15) is 0 Å². The minimum atomic E-state index is -0.926. The smallest absolute Gasteiger partial charge is 0.313 e. The van der Waals surface area contributed by atoms with E-state index in [0.29, 0.717) is 23.1 Å². The van der Waals surface area contributed by atoms with Gasteiger partial charge in [0.15, 0.2) is 22.5 Å². The first kappa shape index (κ1) is 14.2. The number of phenolic OH excluding ortho intramolecular Hbond substituents is 2. The monoisotopic (exact) mass is 295 g/mol. The Morgan fingerprint density at radius 1 is 1.30 bits per heavy atom. The molecule has 2 aromatic rings. The Morgan fingerprint density at radius 3 is 2.65 bits per heavy atom. The van der Waals surface area contributed by atoms with Crippen molar-refractivity contribution in [2.45, 2.75) is 18.6 Å². The van der Waals surface area contributed by atoms with Gasteiger partial charge in [0, 0.05) is 12.1 Å². The fourth-order valence-electron chi connectivity index (χ4n) is 1.68. The fraction of sp³-hybridized carbons (Fsp3) is 0.250. The van der Waals surface area contributed by atoms with Gasteiger partial charge in [0.25, 0.3) is 0 Å². The molecule has 0 fully saturated rings. The van der Waals surface area contributed by atoms with Crippen LogP contribution in [-0.2, 0) is 11.3 Å². The molecule has 0 amide bonds. The topological polar surface area (TPSA) is 108 Å². The Bertz CT molecular complexity index is 642. The second-order valence-electron chi connectivity index (χ2n) is 3.94. The van der Waals surface area contributed by atoms with Crippen molar-refractivity contribution in [1.82, 2.24) is 14.8 Å². The maximum Gasteiger partial charge on any atom is 0.313 e. The molecule has 0 spiro atoms. The van der Waals surface area contributed by atoms with Crippen LogP contribution in [0.15, 0.2) is 23.4 Å². The molecule has 1 aromatic carbocycles. The number of nitrogens with zero attached hydrogens (tertiary/aromatic N) is 3. The molecule has 0 unspecified atom stereocenters. The van der Waals surface area contributed by atoms with E-state index in [2.05, 4.69) is 10.2 Å². The third-order valence-electron chi connectivity index (χ3n) is 2.59. The van der Waals surface area contributed by atoms with E-state index in [1.807, 2.05) is 6.92 Å². The van der Waals surface area contributed by atoms with Gasteiger partial charge in [-0.2, -0.15) is 0 Å². The zero-order valence-corrected chi connectivity index (χ0v) is 11.5. The molecule has 0 aliphatic carbocycles. The molecular weight excluding hydrogens is 282 g/mol. The lowest BCUT2D eigenvalue weighted by Crippen LogP contribution is -2.03. The van der Waals surface area contributed by atoms with Crippen molar-refractivity contribution in [2.24, 2.45) is 0 Å². The van der Waals surface area contributed by atoms with Crippen LogP contribution < -0.4 is 0 Å². The summed E-state index contributed by atoms with van der Waals surface area (Å²) in [5.74, 6) is -0.969. The molecule has 0 aliphatic heterocycles. The number of aromatic nitrogens is 3. The van der Waals surface area contributed by atoms with Crippen LogP contribution in [0.4, 0.5) is 0 Å². The fourth-order valence-corrected chi connectivity index (χ4v) is 2.41. The predicted molar refractivity (Wildman–Crippen MR) is 72.8 cm³/mol. The number of phenols is 2. The number of aromatic hydroxyl groups is 2. The van der Waals surface area contributed by atoms with Gasteiger partial charge >= 0.3 is 5.97 Å². The molecule has 7 nitrogen and oxygen atoms in total. The molecule has 0 saturated heterocycles. The van der Waals surface area contributed by atoms with Crippen LogP contribution in [0.1, 0.15) is 6.92 Å². The van der Waals surface area contributed by atoms with Crippen molar-refractivity contribution < 1.29 is 20.1 Å². The number of thioether (sulfide) groups is 1. The van der Waals surface area contributed by atoms with Crippen molar-refractivity contribution in [3.05, 3.63) is 18.2 Å². The summed E-state index contributed by atoms with van der Waals surface area (Å²) >= 11 is 1.08. The molecule has 3 N–H and O–H groups in total. The van der Waals surface area contributed by atoms with Gasteiger partial charge < -0.3 is 19.9 Å². The number of aliphatic carboxylic acids is 1. The summed E-state index contributed by atoms with van der Waals surface area (Å²) in [7, 11) is 0. The van der Waals surface area contributed by atoms with Crippen molar-refractivity contribution in [3.63, 3.8) is 0 Å². The van der Waals surface area contributed by atoms with Crippen LogP contribution in [0.25, 0.3) is 11.4 Å². The lowest BCUT2D eigenvalue weighted by atomic mass is 10.2. The molecule has 106 valence electrons. The van der Waals surface area contributed by atoms with Gasteiger partial charge in [-0.3, -0.25) is 4.79 Å². The molecule has 1 aromatic heterocycles. The van der Waals surface area contributed by atoms with Crippen LogP contribution in [0, 0.1) is 0 Å². The molecule has 0 saturated carbocycles. The van der Waals surface area contributed by atoms with Crippen LogP contribution >= 0.6 is 11.8 Å². The average molecular weight is 295 g/mol. The minimum absolute atomic E-state index is 0.0983. The molecule has 20 heavy (non-hydrogen) atoms. The first-order valence-electron chi connectivity index (χ1n) is 5.83. The van der Waals surface area contributed by atoms with E-state index in [4.69, 9.17) is 5.11 Å². The molecule has 0 aliphatic rings. The zero-order valence-electron chi connectivity index (χ0n) is 10.6.